The Morgan fingerprint density at radius 1 is 1.04 bits per heavy atom. The molecule has 1 aromatic rings. The minimum absolute atomic E-state index is 0.0363. The van der Waals surface area contributed by atoms with Crippen LogP contribution in [0.15, 0.2) is 30.3 Å². The van der Waals surface area contributed by atoms with Crippen LogP contribution in [-0.2, 0) is 19.8 Å². The molecule has 6 heteroatoms. The van der Waals surface area contributed by atoms with Crippen LogP contribution in [0.2, 0.25) is 0 Å². The lowest BCUT2D eigenvalue weighted by Gasteiger charge is -2.42. The van der Waals surface area contributed by atoms with Gasteiger partial charge >= 0.3 is 0 Å². The summed E-state index contributed by atoms with van der Waals surface area (Å²) in [6.45, 7) is 7.88. The Labute approximate surface area is 162 Å². The first-order valence-corrected chi connectivity index (χ1v) is 9.70. The van der Waals surface area contributed by atoms with Crippen LogP contribution in [0.25, 0.3) is 0 Å². The molecule has 6 nitrogen and oxygen atoms in total. The molecule has 1 heterocycles. The lowest BCUT2D eigenvalue weighted by atomic mass is 9.71. The number of carbonyl (C=O) groups is 3. The number of hydrogen-bond donors (Lipinski definition) is 0. The SMILES string of the molecule is CCN(CC)C(=O)CN(C)C(=O)C1(c2ccccc2)CCN(C(C)=O)CC1. The van der Waals surface area contributed by atoms with Crippen molar-refractivity contribution in [1.29, 1.82) is 0 Å². The highest BCUT2D eigenvalue weighted by Crippen LogP contribution is 2.37. The monoisotopic (exact) mass is 373 g/mol. The predicted molar refractivity (Wildman–Crippen MR) is 105 cm³/mol. The van der Waals surface area contributed by atoms with Crippen molar-refractivity contribution in [2.24, 2.45) is 0 Å². The van der Waals surface area contributed by atoms with Gasteiger partial charge in [-0.3, -0.25) is 14.4 Å². The molecule has 0 saturated carbocycles. The van der Waals surface area contributed by atoms with E-state index in [0.29, 0.717) is 39.0 Å². The van der Waals surface area contributed by atoms with Gasteiger partial charge in [0.05, 0.1) is 12.0 Å². The standard InChI is InChI=1S/C21H31N3O3/c1-5-23(6-2)19(26)16-22(4)20(27)21(18-10-8-7-9-11-18)12-14-24(15-13-21)17(3)25/h7-11H,5-6,12-16H2,1-4H3. The number of carbonyl (C=O) groups excluding carboxylic acids is 3. The second kappa shape index (κ2) is 9.02. The largest absolute Gasteiger partial charge is 0.343 e. The number of likely N-dealkylation sites (tertiary alicyclic amines) is 1. The van der Waals surface area contributed by atoms with Crippen molar-refractivity contribution in [3.63, 3.8) is 0 Å². The van der Waals surface area contributed by atoms with E-state index in [1.54, 1.807) is 28.7 Å². The smallest absolute Gasteiger partial charge is 0.242 e. The number of piperidine rings is 1. The van der Waals surface area contributed by atoms with E-state index in [2.05, 4.69) is 0 Å². The second-order valence-corrected chi connectivity index (χ2v) is 7.18. The molecule has 0 bridgehead atoms. The van der Waals surface area contributed by atoms with Crippen molar-refractivity contribution in [3.05, 3.63) is 35.9 Å². The molecule has 0 N–H and O–H groups in total. The summed E-state index contributed by atoms with van der Waals surface area (Å²) >= 11 is 0. The Morgan fingerprint density at radius 2 is 1.59 bits per heavy atom. The predicted octanol–water partition coefficient (Wildman–Crippen LogP) is 1.89. The number of rotatable bonds is 6. The maximum atomic E-state index is 13.5. The average Bonchev–Trinajstić information content (AvgIpc) is 2.68. The average molecular weight is 373 g/mol. The van der Waals surface area contributed by atoms with E-state index < -0.39 is 5.41 Å². The van der Waals surface area contributed by atoms with Crippen molar-refractivity contribution in [1.82, 2.24) is 14.7 Å². The lowest BCUT2D eigenvalue weighted by molar-refractivity contribution is -0.145. The molecule has 0 unspecified atom stereocenters. The highest BCUT2D eigenvalue weighted by Gasteiger charge is 2.45. The van der Waals surface area contributed by atoms with E-state index in [0.717, 1.165) is 5.56 Å². The topological polar surface area (TPSA) is 60.9 Å². The Hall–Kier alpha value is -2.37. The van der Waals surface area contributed by atoms with Crippen LogP contribution in [0.4, 0.5) is 0 Å². The summed E-state index contributed by atoms with van der Waals surface area (Å²) in [5, 5.41) is 0. The van der Waals surface area contributed by atoms with Gasteiger partial charge in [0.1, 0.15) is 0 Å². The molecule has 27 heavy (non-hydrogen) atoms. The van der Waals surface area contributed by atoms with E-state index in [4.69, 9.17) is 0 Å². The number of likely N-dealkylation sites (N-methyl/N-ethyl adjacent to an activating group) is 2. The van der Waals surface area contributed by atoms with Gasteiger partial charge < -0.3 is 14.7 Å². The fourth-order valence-corrected chi connectivity index (χ4v) is 3.90. The van der Waals surface area contributed by atoms with E-state index in [1.165, 1.54) is 0 Å². The summed E-state index contributed by atoms with van der Waals surface area (Å²) in [4.78, 5) is 42.7. The van der Waals surface area contributed by atoms with Crippen molar-refractivity contribution in [2.45, 2.75) is 39.0 Å². The summed E-state index contributed by atoms with van der Waals surface area (Å²) in [7, 11) is 1.70. The minimum atomic E-state index is -0.689. The third-order valence-corrected chi connectivity index (χ3v) is 5.63. The van der Waals surface area contributed by atoms with Gasteiger partial charge in [-0.25, -0.2) is 0 Å². The van der Waals surface area contributed by atoms with Crippen molar-refractivity contribution < 1.29 is 14.4 Å². The molecule has 0 aliphatic carbocycles. The molecular weight excluding hydrogens is 342 g/mol. The molecular formula is C21H31N3O3. The summed E-state index contributed by atoms with van der Waals surface area (Å²) in [6, 6.07) is 9.74. The molecule has 1 fully saturated rings. The van der Waals surface area contributed by atoms with Crippen LogP contribution in [0.5, 0.6) is 0 Å². The van der Waals surface area contributed by atoms with Crippen LogP contribution in [0.1, 0.15) is 39.2 Å². The fraction of sp³-hybridized carbons (Fsp3) is 0.571. The summed E-state index contributed by atoms with van der Waals surface area (Å²) in [6.07, 6.45) is 1.14. The molecule has 148 valence electrons. The number of hydrogen-bond acceptors (Lipinski definition) is 3. The van der Waals surface area contributed by atoms with Gasteiger partial charge in [0, 0.05) is 40.2 Å². The van der Waals surface area contributed by atoms with Crippen LogP contribution >= 0.6 is 0 Å². The Bertz CT molecular complexity index is 663. The summed E-state index contributed by atoms with van der Waals surface area (Å²) in [5.41, 5.74) is 0.270. The lowest BCUT2D eigenvalue weighted by Crippen LogP contribution is -2.54. The molecule has 0 atom stereocenters. The van der Waals surface area contributed by atoms with Crippen LogP contribution in [0, 0.1) is 0 Å². The fourth-order valence-electron chi connectivity index (χ4n) is 3.90. The van der Waals surface area contributed by atoms with Crippen LogP contribution in [-0.4, -0.2) is 72.2 Å². The first-order chi connectivity index (χ1) is 12.9. The number of amides is 3. The van der Waals surface area contributed by atoms with Crippen molar-refractivity contribution >= 4 is 17.7 Å². The molecule has 2 rings (SSSR count). The Kier molecular flexibility index (Phi) is 6.99. The molecule has 0 spiro atoms. The van der Waals surface area contributed by atoms with E-state index in [9.17, 15) is 14.4 Å². The third kappa shape index (κ3) is 4.49. The third-order valence-electron chi connectivity index (χ3n) is 5.63. The molecule has 3 amide bonds. The van der Waals surface area contributed by atoms with Crippen LogP contribution < -0.4 is 0 Å². The van der Waals surface area contributed by atoms with E-state index >= 15 is 0 Å². The highest BCUT2D eigenvalue weighted by molar-refractivity contribution is 5.92. The van der Waals surface area contributed by atoms with Gasteiger partial charge in [-0.1, -0.05) is 30.3 Å². The zero-order chi connectivity index (χ0) is 20.0. The molecule has 0 radical (unpaired) electrons. The molecule has 1 saturated heterocycles. The number of nitrogens with zero attached hydrogens (tertiary/aromatic N) is 3. The van der Waals surface area contributed by atoms with Gasteiger partial charge in [0.2, 0.25) is 17.7 Å². The van der Waals surface area contributed by atoms with Gasteiger partial charge in [0.25, 0.3) is 0 Å². The molecule has 1 aromatic carbocycles. The van der Waals surface area contributed by atoms with E-state index in [1.807, 2.05) is 44.2 Å². The minimum Gasteiger partial charge on any atom is -0.343 e. The first-order valence-electron chi connectivity index (χ1n) is 9.70. The Balaban J connectivity index is 2.25. The molecule has 1 aliphatic rings. The van der Waals surface area contributed by atoms with Gasteiger partial charge in [-0.2, -0.15) is 0 Å². The summed E-state index contributed by atoms with van der Waals surface area (Å²) < 4.78 is 0. The highest BCUT2D eigenvalue weighted by atomic mass is 16.2. The normalized spacial score (nSPS) is 15.9. The van der Waals surface area contributed by atoms with Gasteiger partial charge in [-0.15, -0.1) is 0 Å². The van der Waals surface area contributed by atoms with Crippen molar-refractivity contribution in [3.8, 4) is 0 Å². The Morgan fingerprint density at radius 3 is 2.07 bits per heavy atom. The van der Waals surface area contributed by atoms with Crippen LogP contribution in [0.3, 0.4) is 0 Å². The maximum absolute atomic E-state index is 13.5. The summed E-state index contributed by atoms with van der Waals surface area (Å²) in [5.74, 6) is -0.0492. The zero-order valence-corrected chi connectivity index (χ0v) is 16.9. The zero-order valence-electron chi connectivity index (χ0n) is 16.9. The van der Waals surface area contributed by atoms with Gasteiger partial charge in [-0.05, 0) is 32.3 Å². The molecule has 1 aliphatic heterocycles. The maximum Gasteiger partial charge on any atom is 0.242 e. The van der Waals surface area contributed by atoms with E-state index in [-0.39, 0.29) is 24.3 Å². The van der Waals surface area contributed by atoms with Gasteiger partial charge in [0.15, 0.2) is 0 Å². The quantitative estimate of drug-likeness (QED) is 0.765. The molecule has 0 aromatic heterocycles. The second-order valence-electron chi connectivity index (χ2n) is 7.18. The number of benzene rings is 1. The first kappa shape index (κ1) is 20.9. The van der Waals surface area contributed by atoms with Crippen molar-refractivity contribution in [2.75, 3.05) is 39.8 Å².